The summed E-state index contributed by atoms with van der Waals surface area (Å²) in [5.41, 5.74) is 3.08. The Morgan fingerprint density at radius 1 is 1.69 bits per heavy atom. The number of hydrogen-bond donors (Lipinski definition) is 2. The molecule has 0 atom stereocenters. The molecule has 0 bridgehead atoms. The van der Waals surface area contributed by atoms with Crippen molar-refractivity contribution in [3.8, 4) is 0 Å². The van der Waals surface area contributed by atoms with E-state index in [9.17, 15) is 0 Å². The smallest absolute Gasteiger partial charge is 0.0798 e. The summed E-state index contributed by atoms with van der Waals surface area (Å²) in [6.07, 6.45) is 0. The fourth-order valence-electron chi connectivity index (χ4n) is 1.38. The molecule has 1 aromatic rings. The van der Waals surface area contributed by atoms with Gasteiger partial charge in [-0.15, -0.1) is 11.3 Å². The van der Waals surface area contributed by atoms with E-state index in [4.69, 9.17) is 0 Å². The van der Waals surface area contributed by atoms with Crippen LogP contribution in [0.4, 0.5) is 0 Å². The number of nitrogens with one attached hydrogen (secondary N) is 2. The zero-order chi connectivity index (χ0) is 9.10. The van der Waals surface area contributed by atoms with Gasteiger partial charge in [-0.2, -0.15) is 0 Å². The van der Waals surface area contributed by atoms with Gasteiger partial charge in [-0.1, -0.05) is 0 Å². The molecule has 1 aliphatic heterocycles. The molecule has 0 unspecified atom stereocenters. The minimum atomic E-state index is 0.841. The first-order valence-electron chi connectivity index (χ1n) is 4.66. The number of nitrogens with zero attached hydrogens (tertiary/aromatic N) is 1. The minimum absolute atomic E-state index is 0.841. The van der Waals surface area contributed by atoms with Crippen LogP contribution in [0.1, 0.15) is 10.6 Å². The van der Waals surface area contributed by atoms with Crippen LogP contribution >= 0.6 is 11.3 Å². The Kier molecular flexibility index (Phi) is 2.93. The van der Waals surface area contributed by atoms with Crippen LogP contribution in [-0.2, 0) is 6.54 Å². The molecule has 1 fully saturated rings. The zero-order valence-electron chi connectivity index (χ0n) is 7.84. The Morgan fingerprint density at radius 2 is 2.54 bits per heavy atom. The van der Waals surface area contributed by atoms with Crippen molar-refractivity contribution in [2.45, 2.75) is 13.5 Å². The van der Waals surface area contributed by atoms with E-state index >= 15 is 0 Å². The fraction of sp³-hybridized carbons (Fsp3) is 0.667. The highest BCUT2D eigenvalue weighted by molar-refractivity contribution is 7.09. The molecule has 0 radical (unpaired) electrons. The van der Waals surface area contributed by atoms with Gasteiger partial charge in [0.15, 0.2) is 0 Å². The van der Waals surface area contributed by atoms with Gasteiger partial charge >= 0.3 is 0 Å². The van der Waals surface area contributed by atoms with Crippen molar-refractivity contribution in [2.24, 2.45) is 5.92 Å². The van der Waals surface area contributed by atoms with Gasteiger partial charge in [0.1, 0.15) is 0 Å². The summed E-state index contributed by atoms with van der Waals surface area (Å²) in [6, 6.07) is 0. The molecule has 0 aromatic carbocycles. The largest absolute Gasteiger partial charge is 0.316 e. The molecule has 13 heavy (non-hydrogen) atoms. The molecule has 72 valence electrons. The van der Waals surface area contributed by atoms with Crippen molar-refractivity contribution in [3.05, 3.63) is 16.1 Å². The fourth-order valence-corrected chi connectivity index (χ4v) is 2.13. The van der Waals surface area contributed by atoms with Gasteiger partial charge in [-0.3, -0.25) is 0 Å². The number of aryl methyl sites for hydroxylation is 1. The van der Waals surface area contributed by atoms with Crippen LogP contribution in [-0.4, -0.2) is 24.6 Å². The summed E-state index contributed by atoms with van der Waals surface area (Å²) in [7, 11) is 0. The maximum Gasteiger partial charge on any atom is 0.0798 e. The highest BCUT2D eigenvalue weighted by Gasteiger charge is 2.15. The molecular formula is C9H15N3S. The van der Waals surface area contributed by atoms with Crippen molar-refractivity contribution in [2.75, 3.05) is 19.6 Å². The van der Waals surface area contributed by atoms with Crippen LogP contribution in [0.25, 0.3) is 0 Å². The van der Waals surface area contributed by atoms with E-state index in [0.29, 0.717) is 0 Å². The number of aromatic nitrogens is 1. The molecule has 1 aliphatic rings. The maximum atomic E-state index is 4.21. The highest BCUT2D eigenvalue weighted by Crippen LogP contribution is 2.11. The third kappa shape index (κ3) is 2.27. The Balaban J connectivity index is 1.70. The van der Waals surface area contributed by atoms with Crippen LogP contribution < -0.4 is 10.6 Å². The van der Waals surface area contributed by atoms with Gasteiger partial charge in [0.2, 0.25) is 0 Å². The Bertz CT molecular complexity index is 268. The normalized spacial score (nSPS) is 17.3. The van der Waals surface area contributed by atoms with Gasteiger partial charge in [-0.25, -0.2) is 4.98 Å². The summed E-state index contributed by atoms with van der Waals surface area (Å²) < 4.78 is 0. The van der Waals surface area contributed by atoms with Crippen LogP contribution in [0.2, 0.25) is 0 Å². The lowest BCUT2D eigenvalue weighted by Gasteiger charge is -2.27. The third-order valence-electron chi connectivity index (χ3n) is 2.43. The first-order valence-corrected chi connectivity index (χ1v) is 5.54. The number of thiazole rings is 1. The standard InChI is InChI=1S/C9H15N3S/c1-7-9(13-6-12-7)5-11-4-8-2-10-3-8/h6,8,10-11H,2-5H2,1H3. The predicted molar refractivity (Wildman–Crippen MR) is 54.9 cm³/mol. The molecule has 2 N–H and O–H groups in total. The van der Waals surface area contributed by atoms with E-state index < -0.39 is 0 Å². The van der Waals surface area contributed by atoms with Gasteiger partial charge in [-0.05, 0) is 12.8 Å². The first-order chi connectivity index (χ1) is 6.36. The van der Waals surface area contributed by atoms with Gasteiger partial charge in [0.25, 0.3) is 0 Å². The zero-order valence-corrected chi connectivity index (χ0v) is 8.66. The lowest BCUT2D eigenvalue weighted by Crippen LogP contribution is -2.47. The molecule has 0 amide bonds. The summed E-state index contributed by atoms with van der Waals surface area (Å²) >= 11 is 1.74. The van der Waals surface area contributed by atoms with E-state index in [2.05, 4.69) is 22.5 Å². The molecule has 2 rings (SSSR count). The second-order valence-corrected chi connectivity index (χ2v) is 4.46. The number of hydrogen-bond acceptors (Lipinski definition) is 4. The van der Waals surface area contributed by atoms with Crippen LogP contribution in [0.3, 0.4) is 0 Å². The van der Waals surface area contributed by atoms with Crippen LogP contribution in [0.5, 0.6) is 0 Å². The SMILES string of the molecule is Cc1ncsc1CNCC1CNC1. The van der Waals surface area contributed by atoms with Crippen molar-refractivity contribution in [1.29, 1.82) is 0 Å². The molecule has 2 heterocycles. The lowest BCUT2D eigenvalue weighted by atomic mass is 10.0. The molecule has 1 saturated heterocycles. The molecule has 4 heteroatoms. The lowest BCUT2D eigenvalue weighted by molar-refractivity contribution is 0.331. The third-order valence-corrected chi connectivity index (χ3v) is 3.36. The van der Waals surface area contributed by atoms with Crippen LogP contribution in [0.15, 0.2) is 5.51 Å². The topological polar surface area (TPSA) is 37.0 Å². The van der Waals surface area contributed by atoms with E-state index in [1.165, 1.54) is 23.7 Å². The van der Waals surface area contributed by atoms with E-state index in [1.807, 2.05) is 5.51 Å². The van der Waals surface area contributed by atoms with Crippen molar-refractivity contribution in [3.63, 3.8) is 0 Å². The average molecular weight is 197 g/mol. The molecule has 0 saturated carbocycles. The number of rotatable bonds is 4. The average Bonchev–Trinajstić information content (AvgIpc) is 2.42. The molecular weight excluding hydrogens is 182 g/mol. The van der Waals surface area contributed by atoms with E-state index in [0.717, 1.165) is 19.0 Å². The molecule has 0 aliphatic carbocycles. The van der Waals surface area contributed by atoms with Crippen molar-refractivity contribution >= 4 is 11.3 Å². The Hall–Kier alpha value is -0.450. The molecule has 0 spiro atoms. The van der Waals surface area contributed by atoms with Gasteiger partial charge in [0, 0.05) is 31.1 Å². The minimum Gasteiger partial charge on any atom is -0.316 e. The second-order valence-electron chi connectivity index (χ2n) is 3.52. The maximum absolute atomic E-state index is 4.21. The predicted octanol–water partition coefficient (Wildman–Crippen LogP) is 0.761. The van der Waals surface area contributed by atoms with Crippen LogP contribution in [0, 0.1) is 12.8 Å². The van der Waals surface area contributed by atoms with Gasteiger partial charge < -0.3 is 10.6 Å². The quantitative estimate of drug-likeness (QED) is 0.748. The summed E-state index contributed by atoms with van der Waals surface area (Å²) in [5.74, 6) is 0.841. The summed E-state index contributed by atoms with van der Waals surface area (Å²) in [5, 5.41) is 6.73. The second kappa shape index (κ2) is 4.17. The monoisotopic (exact) mass is 197 g/mol. The first kappa shape index (κ1) is 9.12. The van der Waals surface area contributed by atoms with Crippen molar-refractivity contribution in [1.82, 2.24) is 15.6 Å². The highest BCUT2D eigenvalue weighted by atomic mass is 32.1. The summed E-state index contributed by atoms with van der Waals surface area (Å²) in [4.78, 5) is 5.58. The Morgan fingerprint density at radius 3 is 3.08 bits per heavy atom. The Labute approximate surface area is 82.6 Å². The van der Waals surface area contributed by atoms with E-state index in [-0.39, 0.29) is 0 Å². The molecule has 3 nitrogen and oxygen atoms in total. The molecule has 1 aromatic heterocycles. The van der Waals surface area contributed by atoms with Gasteiger partial charge in [0.05, 0.1) is 11.2 Å². The summed E-state index contributed by atoms with van der Waals surface area (Å²) in [6.45, 7) is 6.53. The van der Waals surface area contributed by atoms with Crippen molar-refractivity contribution < 1.29 is 0 Å². The van der Waals surface area contributed by atoms with E-state index in [1.54, 1.807) is 11.3 Å².